The number of nitrogens with two attached hydrogens (primary N) is 1. The smallest absolute Gasteiger partial charge is 0.306 e. The summed E-state index contributed by atoms with van der Waals surface area (Å²) >= 11 is 0. The standard InChI is InChI=1S/C14H24N2O3/c15-14(7-1-2-8-14)9-12(17)16-11-5-3-10(4-6-11)13(18)19/h10-11H,1-9,15H2,(H,16,17)(H,18,19). The Balaban J connectivity index is 1.73. The molecule has 0 aromatic rings. The van der Waals surface area contributed by atoms with E-state index in [-0.39, 0.29) is 23.4 Å². The third-order valence-corrected chi connectivity index (χ3v) is 4.55. The number of carboxylic acids is 1. The van der Waals surface area contributed by atoms with Gasteiger partial charge in [-0.2, -0.15) is 0 Å². The van der Waals surface area contributed by atoms with Crippen molar-refractivity contribution in [2.45, 2.75) is 69.4 Å². The fraction of sp³-hybridized carbons (Fsp3) is 0.857. The highest BCUT2D eigenvalue weighted by atomic mass is 16.4. The number of amides is 1. The normalized spacial score (nSPS) is 29.9. The second-order valence-corrected chi connectivity index (χ2v) is 6.20. The Hall–Kier alpha value is -1.10. The summed E-state index contributed by atoms with van der Waals surface area (Å²) in [6, 6.07) is 0.133. The maximum absolute atomic E-state index is 12.0. The van der Waals surface area contributed by atoms with Gasteiger partial charge in [0.25, 0.3) is 0 Å². The highest BCUT2D eigenvalue weighted by Crippen LogP contribution is 2.30. The van der Waals surface area contributed by atoms with E-state index in [9.17, 15) is 9.59 Å². The SMILES string of the molecule is NC1(CC(=O)NC2CCC(C(=O)O)CC2)CCCC1. The molecule has 0 heterocycles. The van der Waals surface area contributed by atoms with Crippen LogP contribution in [0.25, 0.3) is 0 Å². The van der Waals surface area contributed by atoms with Gasteiger partial charge in [-0.15, -0.1) is 0 Å². The van der Waals surface area contributed by atoms with E-state index < -0.39 is 5.97 Å². The summed E-state index contributed by atoms with van der Waals surface area (Å²) in [5, 5.41) is 11.9. The molecule has 4 N–H and O–H groups in total. The minimum absolute atomic E-state index is 0.0307. The van der Waals surface area contributed by atoms with E-state index in [1.807, 2.05) is 0 Å². The van der Waals surface area contributed by atoms with Gasteiger partial charge >= 0.3 is 5.97 Å². The molecular formula is C14H24N2O3. The van der Waals surface area contributed by atoms with Gasteiger partial charge in [0.1, 0.15) is 0 Å². The quantitative estimate of drug-likeness (QED) is 0.718. The third kappa shape index (κ3) is 3.93. The fourth-order valence-electron chi connectivity index (χ4n) is 3.34. The largest absolute Gasteiger partial charge is 0.481 e. The molecule has 19 heavy (non-hydrogen) atoms. The highest BCUT2D eigenvalue weighted by Gasteiger charge is 2.33. The van der Waals surface area contributed by atoms with Gasteiger partial charge in [0.05, 0.1) is 5.92 Å². The van der Waals surface area contributed by atoms with Gasteiger partial charge < -0.3 is 16.2 Å². The molecule has 0 atom stereocenters. The number of rotatable bonds is 4. The molecule has 0 spiro atoms. The monoisotopic (exact) mass is 268 g/mol. The van der Waals surface area contributed by atoms with Crippen molar-refractivity contribution in [2.24, 2.45) is 11.7 Å². The second-order valence-electron chi connectivity index (χ2n) is 6.20. The molecule has 0 aromatic carbocycles. The first-order valence-electron chi connectivity index (χ1n) is 7.30. The van der Waals surface area contributed by atoms with E-state index >= 15 is 0 Å². The first-order valence-corrected chi connectivity index (χ1v) is 7.30. The van der Waals surface area contributed by atoms with E-state index in [0.29, 0.717) is 19.3 Å². The van der Waals surface area contributed by atoms with Gasteiger partial charge in [-0.05, 0) is 38.5 Å². The maximum atomic E-state index is 12.0. The van der Waals surface area contributed by atoms with Crippen LogP contribution in [0.3, 0.4) is 0 Å². The van der Waals surface area contributed by atoms with Crippen LogP contribution >= 0.6 is 0 Å². The highest BCUT2D eigenvalue weighted by molar-refractivity contribution is 5.77. The van der Waals surface area contributed by atoms with Crippen molar-refractivity contribution in [1.82, 2.24) is 5.32 Å². The minimum atomic E-state index is -0.711. The number of carbonyl (C=O) groups is 2. The van der Waals surface area contributed by atoms with Crippen molar-refractivity contribution in [1.29, 1.82) is 0 Å². The van der Waals surface area contributed by atoms with E-state index in [0.717, 1.165) is 38.5 Å². The van der Waals surface area contributed by atoms with Crippen molar-refractivity contribution in [3.8, 4) is 0 Å². The maximum Gasteiger partial charge on any atom is 0.306 e. The molecule has 0 bridgehead atoms. The average molecular weight is 268 g/mol. The molecule has 2 aliphatic rings. The van der Waals surface area contributed by atoms with E-state index in [4.69, 9.17) is 10.8 Å². The first kappa shape index (κ1) is 14.3. The molecule has 108 valence electrons. The minimum Gasteiger partial charge on any atom is -0.481 e. The average Bonchev–Trinajstić information content (AvgIpc) is 2.76. The molecule has 0 unspecified atom stereocenters. The Morgan fingerprint density at radius 1 is 1.16 bits per heavy atom. The van der Waals surface area contributed by atoms with Gasteiger partial charge in [0, 0.05) is 18.0 Å². The van der Waals surface area contributed by atoms with E-state index in [1.165, 1.54) is 0 Å². The zero-order chi connectivity index (χ0) is 13.9. The lowest BCUT2D eigenvalue weighted by Crippen LogP contribution is -2.45. The molecule has 2 rings (SSSR count). The Morgan fingerprint density at radius 3 is 2.26 bits per heavy atom. The number of carbonyl (C=O) groups excluding carboxylic acids is 1. The molecule has 1 amide bonds. The van der Waals surface area contributed by atoms with Crippen LogP contribution in [0, 0.1) is 5.92 Å². The summed E-state index contributed by atoms with van der Waals surface area (Å²) in [5.74, 6) is -0.913. The molecular weight excluding hydrogens is 244 g/mol. The van der Waals surface area contributed by atoms with Crippen LogP contribution in [-0.4, -0.2) is 28.6 Å². The Labute approximate surface area is 113 Å². The third-order valence-electron chi connectivity index (χ3n) is 4.55. The zero-order valence-corrected chi connectivity index (χ0v) is 11.4. The number of hydrogen-bond donors (Lipinski definition) is 3. The van der Waals surface area contributed by atoms with Crippen LogP contribution in [-0.2, 0) is 9.59 Å². The molecule has 5 nitrogen and oxygen atoms in total. The zero-order valence-electron chi connectivity index (χ0n) is 11.4. The van der Waals surface area contributed by atoms with E-state index in [1.54, 1.807) is 0 Å². The summed E-state index contributed by atoms with van der Waals surface area (Å²) < 4.78 is 0. The van der Waals surface area contributed by atoms with Crippen LogP contribution < -0.4 is 11.1 Å². The van der Waals surface area contributed by atoms with Crippen LogP contribution in [0.4, 0.5) is 0 Å². The van der Waals surface area contributed by atoms with Crippen LogP contribution in [0.1, 0.15) is 57.8 Å². The van der Waals surface area contributed by atoms with Gasteiger partial charge in [0.2, 0.25) is 5.91 Å². The van der Waals surface area contributed by atoms with Crippen LogP contribution in [0.15, 0.2) is 0 Å². The summed E-state index contributed by atoms with van der Waals surface area (Å²) in [7, 11) is 0. The Morgan fingerprint density at radius 2 is 1.74 bits per heavy atom. The lowest BCUT2D eigenvalue weighted by molar-refractivity contribution is -0.142. The predicted molar refractivity (Wildman–Crippen MR) is 71.5 cm³/mol. The second kappa shape index (κ2) is 5.90. The van der Waals surface area contributed by atoms with Crippen molar-refractivity contribution in [2.75, 3.05) is 0 Å². The lowest BCUT2D eigenvalue weighted by Gasteiger charge is -2.29. The van der Waals surface area contributed by atoms with Crippen molar-refractivity contribution in [3.05, 3.63) is 0 Å². The number of carboxylic acid groups (broad SMARTS) is 1. The first-order chi connectivity index (χ1) is 8.98. The van der Waals surface area contributed by atoms with Crippen molar-refractivity contribution < 1.29 is 14.7 Å². The molecule has 0 aliphatic heterocycles. The molecule has 0 aromatic heterocycles. The molecule has 5 heteroatoms. The number of nitrogens with one attached hydrogen (secondary N) is 1. The lowest BCUT2D eigenvalue weighted by atomic mass is 9.86. The van der Waals surface area contributed by atoms with Crippen LogP contribution in [0.5, 0.6) is 0 Å². The van der Waals surface area contributed by atoms with Gasteiger partial charge in [-0.1, -0.05) is 12.8 Å². The summed E-state index contributed by atoms with van der Waals surface area (Å²) in [6.07, 6.45) is 7.37. The predicted octanol–water partition coefficient (Wildman–Crippen LogP) is 1.41. The molecule has 2 fully saturated rings. The molecule has 2 aliphatic carbocycles. The summed E-state index contributed by atoms with van der Waals surface area (Å²) in [4.78, 5) is 22.8. The summed E-state index contributed by atoms with van der Waals surface area (Å²) in [5.41, 5.74) is 5.89. The van der Waals surface area contributed by atoms with Crippen LogP contribution in [0.2, 0.25) is 0 Å². The number of aliphatic carboxylic acids is 1. The van der Waals surface area contributed by atoms with E-state index in [2.05, 4.69) is 5.32 Å². The Bertz CT molecular complexity index is 343. The van der Waals surface area contributed by atoms with Crippen molar-refractivity contribution >= 4 is 11.9 Å². The Kier molecular flexibility index (Phi) is 4.45. The topological polar surface area (TPSA) is 92.4 Å². The molecule has 2 saturated carbocycles. The van der Waals surface area contributed by atoms with Gasteiger partial charge in [0.15, 0.2) is 0 Å². The molecule has 0 radical (unpaired) electrons. The van der Waals surface area contributed by atoms with Gasteiger partial charge in [-0.3, -0.25) is 9.59 Å². The summed E-state index contributed by atoms with van der Waals surface area (Å²) in [6.45, 7) is 0. The fourth-order valence-corrected chi connectivity index (χ4v) is 3.34. The molecule has 0 saturated heterocycles. The number of hydrogen-bond acceptors (Lipinski definition) is 3. The van der Waals surface area contributed by atoms with Gasteiger partial charge in [-0.25, -0.2) is 0 Å². The van der Waals surface area contributed by atoms with Crippen molar-refractivity contribution in [3.63, 3.8) is 0 Å².